The van der Waals surface area contributed by atoms with Crippen molar-refractivity contribution < 1.29 is 19.1 Å². The number of rotatable bonds is 7. The van der Waals surface area contributed by atoms with Crippen molar-refractivity contribution in [3.63, 3.8) is 0 Å². The van der Waals surface area contributed by atoms with Crippen LogP contribution in [0.5, 0.6) is 5.75 Å². The fraction of sp³-hybridized carbons (Fsp3) is 0.389. The first-order chi connectivity index (χ1) is 12.0. The molecule has 1 aliphatic heterocycles. The molecular weight excluding hydrogens is 340 g/mol. The van der Waals surface area contributed by atoms with Gasteiger partial charge in [0.25, 0.3) is 5.91 Å². The molecular formula is C18H22N2O4S. The summed E-state index contributed by atoms with van der Waals surface area (Å²) in [4.78, 5) is 25.1. The number of methoxy groups -OCH3 is 1. The normalized spacial score (nSPS) is 15.5. The maximum atomic E-state index is 12.5. The molecule has 1 heterocycles. The lowest BCUT2D eigenvalue weighted by molar-refractivity contribution is -0.142. The summed E-state index contributed by atoms with van der Waals surface area (Å²) in [5.74, 6) is 0.125. The van der Waals surface area contributed by atoms with Crippen molar-refractivity contribution >= 4 is 35.3 Å². The lowest BCUT2D eigenvalue weighted by atomic mass is 10.1. The van der Waals surface area contributed by atoms with E-state index in [1.54, 1.807) is 24.2 Å². The largest absolute Gasteiger partial charge is 0.496 e. The van der Waals surface area contributed by atoms with Crippen LogP contribution in [-0.4, -0.2) is 35.5 Å². The van der Waals surface area contributed by atoms with E-state index in [0.717, 1.165) is 24.0 Å². The Hall–Kier alpha value is -2.41. The van der Waals surface area contributed by atoms with E-state index in [0.29, 0.717) is 23.1 Å². The van der Waals surface area contributed by atoms with E-state index in [1.807, 2.05) is 12.1 Å². The third-order valence-electron chi connectivity index (χ3n) is 3.74. The number of benzene rings is 1. The van der Waals surface area contributed by atoms with E-state index < -0.39 is 0 Å². The van der Waals surface area contributed by atoms with Crippen LogP contribution in [-0.2, 0) is 20.9 Å². The van der Waals surface area contributed by atoms with Crippen molar-refractivity contribution in [2.45, 2.75) is 33.3 Å². The highest BCUT2D eigenvalue weighted by Crippen LogP contribution is 2.23. The summed E-state index contributed by atoms with van der Waals surface area (Å²) in [5, 5.41) is 3.39. The average Bonchev–Trinajstić information content (AvgIpc) is 2.84. The summed E-state index contributed by atoms with van der Waals surface area (Å²) in [7, 11) is 1.55. The molecule has 1 saturated heterocycles. The number of nitrogens with zero attached hydrogens (tertiary/aromatic N) is 1. The lowest BCUT2D eigenvalue weighted by Crippen LogP contribution is -2.31. The van der Waals surface area contributed by atoms with Gasteiger partial charge in [0.15, 0.2) is 5.11 Å². The Bertz CT molecular complexity index is 715. The first-order valence-electron chi connectivity index (χ1n) is 8.11. The SMILES string of the molecule is CCCCN1C(=O)C(=Cc2ccc(OC)c(COC(C)=O)c2)NC1=S. The first kappa shape index (κ1) is 18.9. The fourth-order valence-corrected chi connectivity index (χ4v) is 2.72. The summed E-state index contributed by atoms with van der Waals surface area (Å²) >= 11 is 5.24. The van der Waals surface area contributed by atoms with Gasteiger partial charge in [-0.25, -0.2) is 0 Å². The minimum Gasteiger partial charge on any atom is -0.496 e. The van der Waals surface area contributed by atoms with Crippen LogP contribution in [0.25, 0.3) is 6.08 Å². The standard InChI is InChI=1S/C18H22N2O4S/c1-4-5-8-20-17(22)15(19-18(20)25)10-13-6-7-16(23-3)14(9-13)11-24-12(2)21/h6-7,9-10H,4-5,8,11H2,1-3H3,(H,19,25). The number of thiocarbonyl (C=S) groups is 1. The van der Waals surface area contributed by atoms with E-state index in [4.69, 9.17) is 21.7 Å². The molecule has 1 aromatic rings. The van der Waals surface area contributed by atoms with Gasteiger partial charge >= 0.3 is 5.97 Å². The summed E-state index contributed by atoms with van der Waals surface area (Å²) in [5.41, 5.74) is 1.95. The summed E-state index contributed by atoms with van der Waals surface area (Å²) in [6.45, 7) is 4.14. The number of nitrogens with one attached hydrogen (secondary N) is 1. The van der Waals surface area contributed by atoms with Gasteiger partial charge in [0, 0.05) is 19.0 Å². The van der Waals surface area contributed by atoms with E-state index in [2.05, 4.69) is 12.2 Å². The number of ether oxygens (including phenoxy) is 2. The molecule has 1 fully saturated rings. The van der Waals surface area contributed by atoms with E-state index >= 15 is 0 Å². The Balaban J connectivity index is 2.22. The minimum absolute atomic E-state index is 0.109. The number of esters is 1. The third-order valence-corrected chi connectivity index (χ3v) is 4.07. The maximum Gasteiger partial charge on any atom is 0.302 e. The van der Waals surface area contributed by atoms with Gasteiger partial charge in [0.1, 0.15) is 18.1 Å². The highest BCUT2D eigenvalue weighted by Gasteiger charge is 2.29. The van der Waals surface area contributed by atoms with Crippen molar-refractivity contribution in [1.82, 2.24) is 10.2 Å². The molecule has 7 heteroatoms. The molecule has 0 radical (unpaired) electrons. The van der Waals surface area contributed by atoms with Gasteiger partial charge in [-0.2, -0.15) is 0 Å². The Labute approximate surface area is 152 Å². The van der Waals surface area contributed by atoms with E-state index in [-0.39, 0.29) is 18.5 Å². The molecule has 0 spiro atoms. The van der Waals surface area contributed by atoms with Crippen LogP contribution >= 0.6 is 12.2 Å². The molecule has 0 aliphatic carbocycles. The third kappa shape index (κ3) is 4.79. The smallest absolute Gasteiger partial charge is 0.302 e. The van der Waals surface area contributed by atoms with Gasteiger partial charge < -0.3 is 14.8 Å². The predicted octanol–water partition coefficient (Wildman–Crippen LogP) is 2.62. The van der Waals surface area contributed by atoms with Gasteiger partial charge in [-0.3, -0.25) is 14.5 Å². The summed E-state index contributed by atoms with van der Waals surface area (Å²) in [6.07, 6.45) is 3.62. The molecule has 2 rings (SSSR count). The number of amides is 1. The molecule has 25 heavy (non-hydrogen) atoms. The molecule has 6 nitrogen and oxygen atoms in total. The second-order valence-electron chi connectivity index (χ2n) is 5.65. The minimum atomic E-state index is -0.365. The monoisotopic (exact) mass is 362 g/mol. The lowest BCUT2D eigenvalue weighted by Gasteiger charge is -2.12. The fourth-order valence-electron chi connectivity index (χ4n) is 2.44. The summed E-state index contributed by atoms with van der Waals surface area (Å²) in [6, 6.07) is 5.43. The number of carbonyl (C=O) groups is 2. The Kier molecular flexibility index (Phi) is 6.52. The van der Waals surface area contributed by atoms with Crippen LogP contribution < -0.4 is 10.1 Å². The van der Waals surface area contributed by atoms with Crippen LogP contribution in [0, 0.1) is 0 Å². The van der Waals surface area contributed by atoms with Crippen molar-refractivity contribution in [2.24, 2.45) is 0 Å². The van der Waals surface area contributed by atoms with Gasteiger partial charge in [-0.1, -0.05) is 19.4 Å². The van der Waals surface area contributed by atoms with Crippen molar-refractivity contribution in [1.29, 1.82) is 0 Å². The van der Waals surface area contributed by atoms with E-state index in [1.165, 1.54) is 6.92 Å². The van der Waals surface area contributed by atoms with Crippen molar-refractivity contribution in [2.75, 3.05) is 13.7 Å². The van der Waals surface area contributed by atoms with Gasteiger partial charge in [0.05, 0.1) is 7.11 Å². The van der Waals surface area contributed by atoms with Gasteiger partial charge in [-0.05, 0) is 42.4 Å². The topological polar surface area (TPSA) is 67.9 Å². The maximum absolute atomic E-state index is 12.5. The number of unbranched alkanes of at least 4 members (excludes halogenated alkanes) is 1. The zero-order valence-corrected chi connectivity index (χ0v) is 15.4. The van der Waals surface area contributed by atoms with Crippen molar-refractivity contribution in [3.05, 3.63) is 35.0 Å². The summed E-state index contributed by atoms with van der Waals surface area (Å²) < 4.78 is 10.3. The predicted molar refractivity (Wildman–Crippen MR) is 98.8 cm³/mol. The van der Waals surface area contributed by atoms with Crippen LogP contribution in [0.15, 0.2) is 23.9 Å². The van der Waals surface area contributed by atoms with Crippen LogP contribution in [0.4, 0.5) is 0 Å². The Morgan fingerprint density at radius 3 is 2.80 bits per heavy atom. The number of hydrogen-bond acceptors (Lipinski definition) is 5. The molecule has 1 N–H and O–H groups in total. The molecule has 0 atom stereocenters. The molecule has 0 unspecified atom stereocenters. The molecule has 0 bridgehead atoms. The zero-order chi connectivity index (χ0) is 18.4. The second kappa shape index (κ2) is 8.62. The highest BCUT2D eigenvalue weighted by atomic mass is 32.1. The molecule has 1 aromatic carbocycles. The first-order valence-corrected chi connectivity index (χ1v) is 8.52. The molecule has 0 saturated carbocycles. The Morgan fingerprint density at radius 1 is 1.40 bits per heavy atom. The quantitative estimate of drug-likeness (QED) is 0.457. The molecule has 134 valence electrons. The second-order valence-corrected chi connectivity index (χ2v) is 6.04. The molecule has 1 amide bonds. The van der Waals surface area contributed by atoms with Crippen LogP contribution in [0.2, 0.25) is 0 Å². The average molecular weight is 362 g/mol. The molecule has 0 aromatic heterocycles. The van der Waals surface area contributed by atoms with Crippen LogP contribution in [0.3, 0.4) is 0 Å². The highest BCUT2D eigenvalue weighted by molar-refractivity contribution is 7.80. The zero-order valence-electron chi connectivity index (χ0n) is 14.6. The number of hydrogen-bond donors (Lipinski definition) is 1. The Morgan fingerprint density at radius 2 is 2.16 bits per heavy atom. The van der Waals surface area contributed by atoms with Crippen LogP contribution in [0.1, 0.15) is 37.8 Å². The number of carbonyl (C=O) groups excluding carboxylic acids is 2. The van der Waals surface area contributed by atoms with Gasteiger partial charge in [-0.15, -0.1) is 0 Å². The van der Waals surface area contributed by atoms with Crippen molar-refractivity contribution in [3.8, 4) is 5.75 Å². The molecule has 1 aliphatic rings. The van der Waals surface area contributed by atoms with Gasteiger partial charge in [0.2, 0.25) is 0 Å². The van der Waals surface area contributed by atoms with E-state index in [9.17, 15) is 9.59 Å².